The molecule has 0 radical (unpaired) electrons. The highest BCUT2D eigenvalue weighted by atomic mass is 32.2. The molecule has 3 aromatic carbocycles. The topological polar surface area (TPSA) is 136 Å². The number of carbonyl (C=O) groups is 2. The van der Waals surface area contributed by atoms with Crippen molar-refractivity contribution in [1.29, 1.82) is 0 Å². The number of nitrogens with zero attached hydrogens (tertiary/aromatic N) is 4. The van der Waals surface area contributed by atoms with E-state index in [1.54, 1.807) is 28.8 Å². The first-order chi connectivity index (χ1) is 21.3. The van der Waals surface area contributed by atoms with Crippen molar-refractivity contribution < 1.29 is 22.7 Å². The second kappa shape index (κ2) is 14.5. The van der Waals surface area contributed by atoms with Crippen molar-refractivity contribution in [3.8, 4) is 11.4 Å². The number of aromatic nitrogens is 3. The zero-order valence-electron chi connectivity index (χ0n) is 24.3. The Kier molecular flexibility index (Phi) is 10.3. The van der Waals surface area contributed by atoms with Crippen molar-refractivity contribution in [1.82, 2.24) is 24.4 Å². The van der Waals surface area contributed by atoms with Crippen LogP contribution in [0.4, 0.5) is 5.69 Å². The first kappa shape index (κ1) is 31.2. The van der Waals surface area contributed by atoms with E-state index in [-0.39, 0.29) is 29.0 Å². The highest BCUT2D eigenvalue weighted by molar-refractivity contribution is 7.99. The lowest BCUT2D eigenvalue weighted by atomic mass is 10.2. The van der Waals surface area contributed by atoms with Gasteiger partial charge < -0.3 is 15.4 Å². The maximum atomic E-state index is 13.0. The number of amides is 2. The molecule has 1 fully saturated rings. The van der Waals surface area contributed by atoms with Crippen molar-refractivity contribution in [3.63, 3.8) is 0 Å². The third-order valence-corrected chi connectivity index (χ3v) is 9.81. The van der Waals surface area contributed by atoms with Gasteiger partial charge in [-0.05, 0) is 80.4 Å². The molecule has 1 aliphatic heterocycles. The van der Waals surface area contributed by atoms with Gasteiger partial charge in [-0.3, -0.25) is 14.2 Å². The Morgan fingerprint density at radius 2 is 1.61 bits per heavy atom. The molecule has 4 aromatic rings. The van der Waals surface area contributed by atoms with Crippen LogP contribution >= 0.6 is 11.8 Å². The van der Waals surface area contributed by atoms with E-state index in [1.165, 1.54) is 40.3 Å². The van der Waals surface area contributed by atoms with E-state index in [0.717, 1.165) is 30.7 Å². The molecule has 0 unspecified atom stereocenters. The van der Waals surface area contributed by atoms with Crippen LogP contribution in [-0.4, -0.2) is 64.8 Å². The van der Waals surface area contributed by atoms with E-state index in [0.29, 0.717) is 41.9 Å². The third-order valence-electron chi connectivity index (χ3n) is 6.97. The molecule has 2 N–H and O–H groups in total. The minimum absolute atomic E-state index is 0.0630. The lowest BCUT2D eigenvalue weighted by Gasteiger charge is -2.25. The molecule has 230 valence electrons. The third kappa shape index (κ3) is 7.65. The maximum Gasteiger partial charge on any atom is 0.251 e. The van der Waals surface area contributed by atoms with Crippen LogP contribution in [0.25, 0.3) is 5.69 Å². The van der Waals surface area contributed by atoms with Gasteiger partial charge in [0.05, 0.1) is 23.8 Å². The van der Waals surface area contributed by atoms with E-state index in [9.17, 15) is 18.0 Å². The molecule has 0 saturated carbocycles. The average Bonchev–Trinajstić information content (AvgIpc) is 3.47. The molecule has 0 spiro atoms. The van der Waals surface area contributed by atoms with Crippen molar-refractivity contribution in [3.05, 3.63) is 90.3 Å². The predicted octanol–water partition coefficient (Wildman–Crippen LogP) is 4.50. The van der Waals surface area contributed by atoms with Crippen LogP contribution in [0.15, 0.2) is 88.9 Å². The molecule has 44 heavy (non-hydrogen) atoms. The number of ether oxygens (including phenoxy) is 1. The summed E-state index contributed by atoms with van der Waals surface area (Å²) in [5.74, 6) is 0.717. The summed E-state index contributed by atoms with van der Waals surface area (Å²) in [7, 11) is -3.58. The summed E-state index contributed by atoms with van der Waals surface area (Å²) in [6, 6.07) is 22.5. The van der Waals surface area contributed by atoms with Crippen LogP contribution < -0.4 is 15.4 Å². The fraction of sp³-hybridized carbons (Fsp3) is 0.290. The van der Waals surface area contributed by atoms with Crippen molar-refractivity contribution in [2.45, 2.75) is 42.8 Å². The molecule has 5 rings (SSSR count). The maximum absolute atomic E-state index is 13.0. The summed E-state index contributed by atoms with van der Waals surface area (Å²) in [6.45, 7) is 3.56. The number of para-hydroxylation sites is 1. The highest BCUT2D eigenvalue weighted by Crippen LogP contribution is 2.24. The summed E-state index contributed by atoms with van der Waals surface area (Å²) in [5, 5.41) is 14.8. The zero-order valence-corrected chi connectivity index (χ0v) is 25.9. The number of sulfonamides is 1. The van der Waals surface area contributed by atoms with E-state index in [1.807, 2.05) is 37.3 Å². The molecular formula is C31H34N6O5S2. The molecule has 1 aromatic heterocycles. The van der Waals surface area contributed by atoms with Crippen LogP contribution in [0.3, 0.4) is 0 Å². The molecule has 2 heterocycles. The summed E-state index contributed by atoms with van der Waals surface area (Å²) in [4.78, 5) is 25.8. The number of hydrogen-bond donors (Lipinski definition) is 2. The number of nitrogens with one attached hydrogen (secondary N) is 2. The Morgan fingerprint density at radius 1 is 0.909 bits per heavy atom. The van der Waals surface area contributed by atoms with E-state index in [4.69, 9.17) is 4.74 Å². The Hall–Kier alpha value is -4.20. The van der Waals surface area contributed by atoms with Gasteiger partial charge in [0.15, 0.2) is 11.0 Å². The molecule has 1 saturated heterocycles. The minimum Gasteiger partial charge on any atom is -0.494 e. The van der Waals surface area contributed by atoms with Gasteiger partial charge in [0.25, 0.3) is 5.91 Å². The number of rotatable bonds is 12. The number of thioether (sulfide) groups is 1. The van der Waals surface area contributed by atoms with E-state index in [2.05, 4.69) is 20.8 Å². The second-order valence-corrected chi connectivity index (χ2v) is 12.9. The minimum atomic E-state index is -3.58. The second-order valence-electron chi connectivity index (χ2n) is 10.0. The quantitative estimate of drug-likeness (QED) is 0.218. The smallest absolute Gasteiger partial charge is 0.251 e. The first-order valence-electron chi connectivity index (χ1n) is 14.4. The lowest BCUT2D eigenvalue weighted by Crippen LogP contribution is -2.35. The van der Waals surface area contributed by atoms with Crippen molar-refractivity contribution >= 4 is 39.3 Å². The molecule has 2 amide bonds. The highest BCUT2D eigenvalue weighted by Gasteiger charge is 2.26. The summed E-state index contributed by atoms with van der Waals surface area (Å²) >= 11 is 1.23. The van der Waals surface area contributed by atoms with Crippen molar-refractivity contribution in [2.75, 3.05) is 30.8 Å². The molecular weight excluding hydrogens is 601 g/mol. The fourth-order valence-corrected chi connectivity index (χ4v) is 7.05. The van der Waals surface area contributed by atoms with Gasteiger partial charge in [-0.2, -0.15) is 4.31 Å². The number of anilines is 1. The molecule has 1 aliphatic rings. The van der Waals surface area contributed by atoms with Crippen LogP contribution in [0, 0.1) is 0 Å². The van der Waals surface area contributed by atoms with Gasteiger partial charge in [0, 0.05) is 30.0 Å². The van der Waals surface area contributed by atoms with Crippen LogP contribution in [0.5, 0.6) is 5.75 Å². The Balaban J connectivity index is 1.23. The SMILES string of the molecule is CCOc1ccc(NC(=O)CSc2nnc(CNC(=O)c3ccc(S(=O)(=O)N4CCCCC4)cc3)n2-c2ccccc2)cc1. The van der Waals surface area contributed by atoms with Gasteiger partial charge in [-0.15, -0.1) is 10.2 Å². The van der Waals surface area contributed by atoms with Gasteiger partial charge >= 0.3 is 0 Å². The molecule has 11 nitrogen and oxygen atoms in total. The lowest BCUT2D eigenvalue weighted by molar-refractivity contribution is -0.113. The normalized spacial score (nSPS) is 13.8. The van der Waals surface area contributed by atoms with Gasteiger partial charge in [-0.1, -0.05) is 36.4 Å². The summed E-state index contributed by atoms with van der Waals surface area (Å²) in [5.41, 5.74) is 1.77. The molecule has 13 heteroatoms. The Morgan fingerprint density at radius 3 is 2.30 bits per heavy atom. The average molecular weight is 635 g/mol. The monoisotopic (exact) mass is 634 g/mol. The Labute approximate surface area is 261 Å². The van der Waals surface area contributed by atoms with E-state index < -0.39 is 10.0 Å². The van der Waals surface area contributed by atoms with Crippen LogP contribution in [-0.2, 0) is 21.4 Å². The summed E-state index contributed by atoms with van der Waals surface area (Å²) < 4.78 is 34.6. The largest absolute Gasteiger partial charge is 0.494 e. The van der Waals surface area contributed by atoms with E-state index >= 15 is 0 Å². The van der Waals surface area contributed by atoms with Gasteiger partial charge in [0.2, 0.25) is 15.9 Å². The Bertz CT molecular complexity index is 1670. The van der Waals surface area contributed by atoms with Crippen molar-refractivity contribution in [2.24, 2.45) is 0 Å². The number of benzene rings is 3. The number of carbonyl (C=O) groups excluding carboxylic acids is 2. The van der Waals surface area contributed by atoms with Crippen LogP contribution in [0.1, 0.15) is 42.4 Å². The van der Waals surface area contributed by atoms with Crippen LogP contribution in [0.2, 0.25) is 0 Å². The van der Waals surface area contributed by atoms with Gasteiger partial charge in [0.1, 0.15) is 5.75 Å². The molecule has 0 bridgehead atoms. The first-order valence-corrected chi connectivity index (χ1v) is 16.8. The standard InChI is InChI=1S/C31H34N6O5S2/c1-2-42-26-15-13-24(14-16-26)33-29(38)22-43-31-35-34-28(37(31)25-9-5-3-6-10-25)21-32-30(39)23-11-17-27(18-12-23)44(40,41)36-19-7-4-8-20-36/h3,5-6,9-18H,2,4,7-8,19-22H2,1H3,(H,32,39)(H,33,38). The number of hydrogen-bond acceptors (Lipinski definition) is 8. The number of piperidine rings is 1. The summed E-state index contributed by atoms with van der Waals surface area (Å²) in [6.07, 6.45) is 2.73. The zero-order chi connectivity index (χ0) is 30.9. The molecule has 0 atom stereocenters. The predicted molar refractivity (Wildman–Crippen MR) is 169 cm³/mol. The molecule has 0 aliphatic carbocycles. The van der Waals surface area contributed by atoms with Gasteiger partial charge in [-0.25, -0.2) is 8.42 Å². The fourth-order valence-electron chi connectivity index (χ4n) is 4.77.